The van der Waals surface area contributed by atoms with Crippen LogP contribution in [0.2, 0.25) is 0 Å². The maximum absolute atomic E-state index is 14.1. The third-order valence-corrected chi connectivity index (χ3v) is 15.6. The van der Waals surface area contributed by atoms with Gasteiger partial charge in [0.25, 0.3) is 23.6 Å². The van der Waals surface area contributed by atoms with Crippen LogP contribution in [0.3, 0.4) is 0 Å². The molecule has 1 aromatic rings. The molecule has 2 aliphatic rings. The topological polar surface area (TPSA) is 511 Å². The number of phenolic OH excluding ortho intramolecular Hbond substituents is 1. The summed E-state index contributed by atoms with van der Waals surface area (Å²) in [7, 11) is 1.63. The van der Waals surface area contributed by atoms with Gasteiger partial charge in [0.1, 0.15) is 23.9 Å². The van der Waals surface area contributed by atoms with Crippen molar-refractivity contribution in [3.63, 3.8) is 0 Å². The average molecular weight is 1510 g/mol. The number of anilines is 1. The average Bonchev–Trinajstić information content (AvgIpc) is 1.00. The molecular weight excluding hydrogens is 1400 g/mol. The van der Waals surface area contributed by atoms with Crippen LogP contribution in [0.15, 0.2) is 42.5 Å². The number of hydrogen-bond donors (Lipinski definition) is 12. The molecule has 0 unspecified atom stereocenters. The Kier molecular flexibility index (Phi) is 47.8. The third kappa shape index (κ3) is 41.7. The lowest BCUT2D eigenvalue weighted by Gasteiger charge is -2.28. The fourth-order valence-electron chi connectivity index (χ4n) is 9.92. The summed E-state index contributed by atoms with van der Waals surface area (Å²) in [5, 5.41) is 49.3. The van der Waals surface area contributed by atoms with Crippen molar-refractivity contribution in [2.24, 2.45) is 11.7 Å². The van der Waals surface area contributed by atoms with E-state index in [1.165, 1.54) is 19.1 Å². The maximum atomic E-state index is 14.1. The first-order chi connectivity index (χ1) is 51.0. The molecule has 0 aromatic heterocycles. The van der Waals surface area contributed by atoms with Gasteiger partial charge < -0.3 is 106 Å². The van der Waals surface area contributed by atoms with Gasteiger partial charge in [-0.25, -0.2) is 0 Å². The van der Waals surface area contributed by atoms with Gasteiger partial charge in [-0.05, 0) is 75.5 Å². The monoisotopic (exact) mass is 1510 g/mol. The van der Waals surface area contributed by atoms with Crippen molar-refractivity contribution in [1.82, 2.24) is 47.0 Å². The lowest BCUT2D eigenvalue weighted by molar-refractivity contribution is -0.142. The predicted octanol–water partition coefficient (Wildman–Crippen LogP) is -1.98. The predicted molar refractivity (Wildman–Crippen MR) is 375 cm³/mol. The van der Waals surface area contributed by atoms with E-state index in [9.17, 15) is 77.3 Å². The van der Waals surface area contributed by atoms with E-state index in [-0.39, 0.29) is 128 Å². The fraction of sp³-hybridized carbons (Fsp3) is 0.652. The van der Waals surface area contributed by atoms with Crippen LogP contribution in [0.1, 0.15) is 102 Å². The van der Waals surface area contributed by atoms with Crippen LogP contribution in [0, 0.1) is 5.92 Å². The normalized spacial score (nSPS) is 14.0. The molecular formula is C69H107N11O26. The van der Waals surface area contributed by atoms with Crippen LogP contribution in [-0.2, 0) is 116 Å². The Hall–Kier alpha value is -8.92. The highest BCUT2D eigenvalue weighted by Gasteiger charge is 2.37. The number of imide groups is 2. The molecule has 0 spiro atoms. The Morgan fingerprint density at radius 1 is 0.453 bits per heavy atom. The highest BCUT2D eigenvalue weighted by molar-refractivity contribution is 6.13. The molecule has 0 bridgehead atoms. The van der Waals surface area contributed by atoms with E-state index in [4.69, 9.17) is 53.5 Å². The number of carbonyl (C=O) groups excluding carboxylic acids is 12. The van der Waals surface area contributed by atoms with Crippen molar-refractivity contribution in [3.8, 4) is 5.75 Å². The number of hydrogen-bond acceptors (Lipinski definition) is 25. The van der Waals surface area contributed by atoms with E-state index in [1.54, 1.807) is 13.2 Å². The zero-order chi connectivity index (χ0) is 77.7. The molecule has 3 rings (SSSR count). The summed E-state index contributed by atoms with van der Waals surface area (Å²) < 4.78 is 48.9. The molecule has 0 saturated carbocycles. The first kappa shape index (κ1) is 91.3. The Labute approximate surface area is 615 Å². The number of nitrogens with zero attached hydrogens (tertiary/aromatic N) is 2. The summed E-state index contributed by atoms with van der Waals surface area (Å²) in [6, 6.07) is -1.08. The van der Waals surface area contributed by atoms with Gasteiger partial charge in [-0.2, -0.15) is 0 Å². The van der Waals surface area contributed by atoms with Crippen molar-refractivity contribution in [1.29, 1.82) is 0 Å². The van der Waals surface area contributed by atoms with E-state index in [0.717, 1.165) is 40.5 Å². The summed E-state index contributed by atoms with van der Waals surface area (Å²) in [5.41, 5.74) is 6.90. The van der Waals surface area contributed by atoms with Crippen molar-refractivity contribution in [2.75, 3.05) is 164 Å². The number of rotatable bonds is 64. The number of aliphatic carboxylic acids is 2. The molecule has 2 heterocycles. The number of benzene rings is 1. The first-order valence-corrected chi connectivity index (χ1v) is 35.5. The number of ether oxygens (including phenoxy) is 9. The number of amides is 12. The number of carboxylic acid groups (broad SMARTS) is 2. The Bertz CT molecular complexity index is 2980. The summed E-state index contributed by atoms with van der Waals surface area (Å²) >= 11 is 0. The van der Waals surface area contributed by atoms with Gasteiger partial charge >= 0.3 is 11.9 Å². The minimum atomic E-state index is -1.96. The van der Waals surface area contributed by atoms with E-state index >= 15 is 0 Å². The molecule has 0 radical (unpaired) electrons. The molecule has 37 heteroatoms. The molecule has 5 atom stereocenters. The van der Waals surface area contributed by atoms with Crippen LogP contribution >= 0.6 is 0 Å². The van der Waals surface area contributed by atoms with Crippen LogP contribution in [0.5, 0.6) is 5.75 Å². The lowest BCUT2D eigenvalue weighted by Crippen LogP contribution is -2.64. The second kappa shape index (κ2) is 55.5. The van der Waals surface area contributed by atoms with E-state index in [0.29, 0.717) is 111 Å². The Morgan fingerprint density at radius 2 is 0.868 bits per heavy atom. The van der Waals surface area contributed by atoms with E-state index < -0.39 is 133 Å². The quantitative estimate of drug-likeness (QED) is 0.0191. The molecule has 0 aliphatic carbocycles. The van der Waals surface area contributed by atoms with Gasteiger partial charge in [0.2, 0.25) is 47.3 Å². The van der Waals surface area contributed by atoms with Crippen molar-refractivity contribution in [2.45, 2.75) is 127 Å². The van der Waals surface area contributed by atoms with Gasteiger partial charge in [-0.15, -0.1) is 0 Å². The Balaban J connectivity index is 1.52. The van der Waals surface area contributed by atoms with Gasteiger partial charge in [-0.1, -0.05) is 13.0 Å². The van der Waals surface area contributed by atoms with Crippen LogP contribution in [0.25, 0.3) is 0 Å². The van der Waals surface area contributed by atoms with Gasteiger partial charge in [0.15, 0.2) is 0 Å². The molecule has 37 nitrogen and oxygen atoms in total. The van der Waals surface area contributed by atoms with Crippen LogP contribution in [0.4, 0.5) is 5.69 Å². The van der Waals surface area contributed by atoms with Crippen molar-refractivity contribution in [3.05, 3.63) is 48.1 Å². The molecule has 13 N–H and O–H groups in total. The summed E-state index contributed by atoms with van der Waals surface area (Å²) in [4.78, 5) is 181. The van der Waals surface area contributed by atoms with Crippen molar-refractivity contribution < 1.29 is 125 Å². The summed E-state index contributed by atoms with van der Waals surface area (Å²) in [5.74, 6) is -12.2. The molecule has 1 aromatic carbocycles. The molecule has 106 heavy (non-hydrogen) atoms. The number of aromatic hydroxyl groups is 1. The highest BCUT2D eigenvalue weighted by Crippen LogP contribution is 2.26. The molecule has 0 fully saturated rings. The number of carbonyl (C=O) groups is 14. The number of methoxy groups -OCH3 is 1. The number of carboxylic acids is 2. The number of phenols is 1. The van der Waals surface area contributed by atoms with Crippen molar-refractivity contribution >= 4 is 88.5 Å². The van der Waals surface area contributed by atoms with Crippen LogP contribution in [-0.4, -0.2) is 291 Å². The second-order valence-electron chi connectivity index (χ2n) is 24.3. The smallest absolute Gasteiger partial charge is 0.306 e. The van der Waals surface area contributed by atoms with Crippen LogP contribution < -0.4 is 48.3 Å². The molecule has 594 valence electrons. The maximum Gasteiger partial charge on any atom is 0.306 e. The minimum Gasteiger partial charge on any atom is -0.506 e. The van der Waals surface area contributed by atoms with E-state index in [2.05, 4.69) is 42.5 Å². The van der Waals surface area contributed by atoms with Gasteiger partial charge in [0, 0.05) is 128 Å². The summed E-state index contributed by atoms with van der Waals surface area (Å²) in [6.45, 7) is 7.32. The second-order valence-corrected chi connectivity index (χ2v) is 24.3. The SMILES string of the molecule is COCCOCCCOCCOCCOCCOCCOCCOCCOCCC(=O)NCCCC[C@H](NC(=O)CCCNC(=O)[C@H](NC(=O)CCN1C(=O)C=CC1=O)[C@H](NC(=O)CCN1C(=O)C=CC1=O)C(=O)NCCCC(=O)O)C(=O)NCCCC(=O)Nc1cc(C[C@H](N)C[C@H](C)C(=O)O)ccc1O. The molecule has 12 amide bonds. The number of nitrogens with two attached hydrogens (primary N) is 1. The summed E-state index contributed by atoms with van der Waals surface area (Å²) in [6.07, 6.45) is 3.93. The fourth-order valence-corrected chi connectivity index (χ4v) is 9.92. The zero-order valence-corrected chi connectivity index (χ0v) is 60.5. The van der Waals surface area contributed by atoms with Gasteiger partial charge in [0.05, 0.1) is 111 Å². The standard InChI is InChI=1S/C69H107N11O26/c1-48(69(96)97)45-50(70)46-49-13-14-53(81)52(47-49)76-56(84)11-5-23-72-66(93)51(9-3-4-22-71-54(82)21-30-101-34-36-103-38-40-105-42-44-106-43-41-104-39-37-102-35-33-100-29-8-28-99-32-31-98-2)75-55(83)10-6-24-73-67(94)64(77-57(85)19-26-79-59(87)15-16-60(79)88)65(68(95)74-25-7-12-63(91)92)78-58(86)20-27-80-61(89)17-18-62(80)90/h13-18,47-48,50-51,64-65,81H,3-12,19-46,70H2,1-2H3,(H,71,82)(H,72,93)(H,73,94)(H,74,95)(H,75,83)(H,76,84)(H,77,85)(H,78,86)(H,91,92)(H,96,97)/t48-,50+,51-,64+,65-/m0/s1. The largest absolute Gasteiger partial charge is 0.506 e. The minimum absolute atomic E-state index is 0.0367. The van der Waals surface area contributed by atoms with E-state index in [1.807, 2.05) is 0 Å². The number of nitrogens with one attached hydrogen (secondary N) is 8. The lowest BCUT2D eigenvalue weighted by atomic mass is 9.96. The zero-order valence-electron chi connectivity index (χ0n) is 60.5. The molecule has 2 aliphatic heterocycles. The Morgan fingerprint density at radius 3 is 1.33 bits per heavy atom. The molecule has 0 saturated heterocycles. The highest BCUT2D eigenvalue weighted by atomic mass is 16.6. The van der Waals surface area contributed by atoms with Gasteiger partial charge in [-0.3, -0.25) is 76.9 Å². The first-order valence-electron chi connectivity index (χ1n) is 35.5. The third-order valence-electron chi connectivity index (χ3n) is 15.6. The number of unbranched alkanes of at least 4 members (excludes halogenated alkanes) is 1.